The Morgan fingerprint density at radius 3 is 2.29 bits per heavy atom. The number of ketones is 1. The molecular weight excluding hydrogens is 641 g/mol. The maximum absolute atomic E-state index is 13.9. The summed E-state index contributed by atoms with van der Waals surface area (Å²) in [5.41, 5.74) is 7.85. The summed E-state index contributed by atoms with van der Waals surface area (Å²) in [6.45, 7) is 30.2. The van der Waals surface area contributed by atoms with Gasteiger partial charge in [-0.2, -0.15) is 0 Å². The molecule has 280 valence electrons. The van der Waals surface area contributed by atoms with Gasteiger partial charge in [0.1, 0.15) is 0 Å². The summed E-state index contributed by atoms with van der Waals surface area (Å²) >= 11 is 0. The average Bonchev–Trinajstić information content (AvgIpc) is 3.41. The van der Waals surface area contributed by atoms with Crippen LogP contribution < -0.4 is 0 Å². The second kappa shape index (κ2) is 19.5. The maximum Gasteiger partial charge on any atom is 0.331 e. The molecule has 0 radical (unpaired) electrons. The van der Waals surface area contributed by atoms with Gasteiger partial charge in [0.25, 0.3) is 0 Å². The minimum absolute atomic E-state index is 0.149. The highest BCUT2D eigenvalue weighted by molar-refractivity contribution is 6.17. The van der Waals surface area contributed by atoms with Gasteiger partial charge in [-0.3, -0.25) is 4.79 Å². The number of carbonyl (C=O) groups excluding carboxylic acids is 2. The summed E-state index contributed by atoms with van der Waals surface area (Å²) in [5, 5.41) is 7.39. The van der Waals surface area contributed by atoms with E-state index in [1.807, 2.05) is 19.1 Å². The minimum atomic E-state index is -0.450. The number of hydrogen-bond donors (Lipinski definition) is 0. The van der Waals surface area contributed by atoms with Crippen molar-refractivity contribution in [2.24, 2.45) is 22.4 Å². The zero-order chi connectivity index (χ0) is 38.6. The molecule has 0 saturated heterocycles. The molecule has 0 aliphatic carbocycles. The number of nitrogens with zero attached hydrogens (tertiary/aromatic N) is 2. The molecule has 2 atom stereocenters. The van der Waals surface area contributed by atoms with Crippen LogP contribution in [-0.4, -0.2) is 22.0 Å². The average molecular weight is 705 g/mol. The topological polar surface area (TPSA) is 60.7 Å². The Labute approximate surface area is 314 Å². The summed E-state index contributed by atoms with van der Waals surface area (Å²) in [5.74, 6) is 0.542. The SMILES string of the molecule is C=C(C)C=C(C)C=C(C)CCC(=O)c1cc2cc(C=CC(=C)C(CC(C)CC(C)(C)C)=NOC(C)=O)n(CC(CC)CCCC)c2c2ccccc12. The van der Waals surface area contributed by atoms with Crippen LogP contribution in [0.15, 0.2) is 95.2 Å². The van der Waals surface area contributed by atoms with Gasteiger partial charge in [-0.1, -0.05) is 138 Å². The highest BCUT2D eigenvalue weighted by atomic mass is 16.7. The van der Waals surface area contributed by atoms with E-state index in [9.17, 15) is 9.59 Å². The Bertz CT molecular complexity index is 1870. The highest BCUT2D eigenvalue weighted by Gasteiger charge is 2.21. The van der Waals surface area contributed by atoms with Gasteiger partial charge < -0.3 is 9.40 Å². The predicted molar refractivity (Wildman–Crippen MR) is 224 cm³/mol. The van der Waals surface area contributed by atoms with E-state index >= 15 is 0 Å². The Morgan fingerprint density at radius 1 is 0.981 bits per heavy atom. The van der Waals surface area contributed by atoms with E-state index in [0.717, 1.165) is 69.9 Å². The molecule has 1 aromatic heterocycles. The number of carbonyl (C=O) groups is 2. The van der Waals surface area contributed by atoms with Crippen molar-refractivity contribution in [1.29, 1.82) is 0 Å². The molecule has 5 nitrogen and oxygen atoms in total. The third-order valence-electron chi connectivity index (χ3n) is 9.52. The Balaban J connectivity index is 2.12. The van der Waals surface area contributed by atoms with Gasteiger partial charge in [0.15, 0.2) is 5.78 Å². The summed E-state index contributed by atoms with van der Waals surface area (Å²) in [6, 6.07) is 12.6. The van der Waals surface area contributed by atoms with Crippen LogP contribution in [0, 0.1) is 17.3 Å². The fourth-order valence-corrected chi connectivity index (χ4v) is 7.31. The van der Waals surface area contributed by atoms with Gasteiger partial charge in [0.2, 0.25) is 0 Å². The van der Waals surface area contributed by atoms with Crippen molar-refractivity contribution in [3.8, 4) is 0 Å². The van der Waals surface area contributed by atoms with E-state index < -0.39 is 5.97 Å². The Kier molecular flexibility index (Phi) is 15.9. The van der Waals surface area contributed by atoms with Gasteiger partial charge >= 0.3 is 5.97 Å². The number of hydrogen-bond acceptors (Lipinski definition) is 4. The normalized spacial score (nSPS) is 14.3. The number of aromatic nitrogens is 1. The molecule has 0 fully saturated rings. The van der Waals surface area contributed by atoms with Crippen LogP contribution in [0.5, 0.6) is 0 Å². The van der Waals surface area contributed by atoms with Crippen molar-refractivity contribution in [3.05, 3.63) is 101 Å². The molecule has 0 amide bonds. The minimum Gasteiger partial charge on any atom is -0.340 e. The monoisotopic (exact) mass is 704 g/mol. The first-order chi connectivity index (χ1) is 24.5. The van der Waals surface area contributed by atoms with Crippen LogP contribution >= 0.6 is 0 Å². The highest BCUT2D eigenvalue weighted by Crippen LogP contribution is 2.35. The lowest BCUT2D eigenvalue weighted by Gasteiger charge is -2.23. The largest absolute Gasteiger partial charge is 0.340 e. The molecule has 0 aliphatic rings. The zero-order valence-corrected chi connectivity index (χ0v) is 33.8. The predicted octanol–water partition coefficient (Wildman–Crippen LogP) is 13.4. The molecule has 2 aromatic carbocycles. The lowest BCUT2D eigenvalue weighted by molar-refractivity contribution is -0.140. The van der Waals surface area contributed by atoms with Crippen molar-refractivity contribution in [1.82, 2.24) is 4.57 Å². The lowest BCUT2D eigenvalue weighted by atomic mass is 9.83. The molecule has 3 aromatic rings. The van der Waals surface area contributed by atoms with Crippen LogP contribution in [0.1, 0.15) is 137 Å². The van der Waals surface area contributed by atoms with Gasteiger partial charge in [0, 0.05) is 41.9 Å². The van der Waals surface area contributed by atoms with E-state index in [2.05, 4.69) is 127 Å². The fourth-order valence-electron chi connectivity index (χ4n) is 7.31. The number of oxime groups is 1. The van der Waals surface area contributed by atoms with Crippen LogP contribution in [0.4, 0.5) is 0 Å². The summed E-state index contributed by atoms with van der Waals surface area (Å²) in [6.07, 6.45) is 15.7. The van der Waals surface area contributed by atoms with E-state index in [0.29, 0.717) is 42.4 Å². The van der Waals surface area contributed by atoms with E-state index in [4.69, 9.17) is 4.84 Å². The fraction of sp³-hybridized carbons (Fsp3) is 0.468. The number of Topliss-reactive ketones (excluding diaryl/α,β-unsaturated/α-hetero) is 1. The molecule has 1 heterocycles. The molecule has 3 rings (SSSR count). The molecule has 5 heteroatoms. The van der Waals surface area contributed by atoms with Crippen molar-refractivity contribution in [2.75, 3.05) is 0 Å². The lowest BCUT2D eigenvalue weighted by Crippen LogP contribution is -2.15. The summed E-state index contributed by atoms with van der Waals surface area (Å²) < 4.78 is 2.44. The Hall–Kier alpha value is -4.25. The van der Waals surface area contributed by atoms with E-state index in [1.165, 1.54) is 25.3 Å². The number of fused-ring (bicyclic) bond motifs is 3. The first-order valence-electron chi connectivity index (χ1n) is 19.2. The smallest absolute Gasteiger partial charge is 0.331 e. The first-order valence-corrected chi connectivity index (χ1v) is 19.2. The number of allylic oxidation sites excluding steroid dienone is 7. The molecule has 0 N–H and O–H groups in total. The van der Waals surface area contributed by atoms with Crippen LogP contribution in [-0.2, 0) is 16.2 Å². The maximum atomic E-state index is 13.9. The summed E-state index contributed by atoms with van der Waals surface area (Å²) in [4.78, 5) is 30.8. The second-order valence-corrected chi connectivity index (χ2v) is 16.2. The number of benzene rings is 2. The van der Waals surface area contributed by atoms with Crippen molar-refractivity contribution in [2.45, 2.75) is 127 Å². The molecule has 0 saturated carbocycles. The molecule has 52 heavy (non-hydrogen) atoms. The van der Waals surface area contributed by atoms with Gasteiger partial charge in [-0.05, 0) is 92.9 Å². The summed E-state index contributed by atoms with van der Waals surface area (Å²) in [7, 11) is 0. The molecule has 2 unspecified atom stereocenters. The van der Waals surface area contributed by atoms with E-state index in [-0.39, 0.29) is 11.2 Å². The third-order valence-corrected chi connectivity index (χ3v) is 9.52. The van der Waals surface area contributed by atoms with Gasteiger partial charge in [0.05, 0.1) is 11.2 Å². The van der Waals surface area contributed by atoms with Crippen molar-refractivity contribution >= 4 is 45.2 Å². The first kappa shape index (κ1) is 42.2. The van der Waals surface area contributed by atoms with Crippen LogP contribution in [0.3, 0.4) is 0 Å². The molecule has 0 aliphatic heterocycles. The quantitative estimate of drug-likeness (QED) is 0.0410. The van der Waals surface area contributed by atoms with Gasteiger partial charge in [-0.25, -0.2) is 4.79 Å². The third kappa shape index (κ3) is 12.8. The molecule has 0 spiro atoms. The molecule has 0 bridgehead atoms. The number of unbranched alkanes of at least 4 members (excludes halogenated alkanes) is 1. The van der Waals surface area contributed by atoms with Crippen molar-refractivity contribution in [3.63, 3.8) is 0 Å². The zero-order valence-electron chi connectivity index (χ0n) is 33.8. The molecular formula is C47H64N2O3. The second-order valence-electron chi connectivity index (χ2n) is 16.2. The van der Waals surface area contributed by atoms with Gasteiger partial charge in [-0.15, -0.1) is 0 Å². The standard InChI is InChI=1S/C47H64N2O3/c1-13-15-18-38(14-2)31-49-40(23-22-36(8)44(48-52-37(9)50)27-35(7)30-47(10,11)12)28-39-29-43(41-19-16-17-20-42(41)46(39)49)45(51)24-21-33(5)26-34(6)25-32(3)4/h16-17,19-20,22-23,25-26,28-29,35,38H,3,8,13-15,18,21,24,27,30-31H2,1-2,4-7,9-12H3. The van der Waals surface area contributed by atoms with Crippen molar-refractivity contribution < 1.29 is 14.4 Å². The Morgan fingerprint density at radius 2 is 1.67 bits per heavy atom. The van der Waals surface area contributed by atoms with Crippen LogP contribution in [0.2, 0.25) is 0 Å². The number of rotatable bonds is 19. The van der Waals surface area contributed by atoms with E-state index in [1.54, 1.807) is 0 Å². The van der Waals surface area contributed by atoms with Crippen LogP contribution in [0.25, 0.3) is 27.8 Å².